The van der Waals surface area contributed by atoms with Crippen LogP contribution in [0.25, 0.3) is 0 Å². The number of nitrogens with two attached hydrogens (primary N) is 1. The summed E-state index contributed by atoms with van der Waals surface area (Å²) in [4.78, 5) is 0. The van der Waals surface area contributed by atoms with E-state index in [1.807, 2.05) is 13.8 Å². The van der Waals surface area contributed by atoms with Gasteiger partial charge in [0.15, 0.2) is 0 Å². The van der Waals surface area contributed by atoms with Gasteiger partial charge >= 0.3 is 0 Å². The van der Waals surface area contributed by atoms with Crippen molar-refractivity contribution in [2.24, 2.45) is 5.73 Å². The number of hydrogen-bond acceptors (Lipinski definition) is 3. The van der Waals surface area contributed by atoms with Gasteiger partial charge in [-0.25, -0.2) is 0 Å². The van der Waals surface area contributed by atoms with Crippen LogP contribution in [-0.4, -0.2) is 26.5 Å². The van der Waals surface area contributed by atoms with Crippen LogP contribution in [0.4, 0.5) is 0 Å². The van der Waals surface area contributed by atoms with E-state index in [9.17, 15) is 8.42 Å². The van der Waals surface area contributed by atoms with Crippen molar-refractivity contribution >= 4 is 10.2 Å². The van der Waals surface area contributed by atoms with Gasteiger partial charge < -0.3 is 5.73 Å². The summed E-state index contributed by atoms with van der Waals surface area (Å²) in [5, 5.41) is 0. The van der Waals surface area contributed by atoms with Crippen LogP contribution < -0.4 is 15.2 Å². The lowest BCUT2D eigenvalue weighted by Gasteiger charge is -2.16. The highest BCUT2D eigenvalue weighted by Crippen LogP contribution is 2.19. The summed E-state index contributed by atoms with van der Waals surface area (Å²) in [6, 6.07) is 0.0369. The number of nitrogens with one attached hydrogen (secondary N) is 2. The fourth-order valence-electron chi connectivity index (χ4n) is 1.33. The average molecular weight is 221 g/mol. The summed E-state index contributed by atoms with van der Waals surface area (Å²) < 4.78 is 27.9. The van der Waals surface area contributed by atoms with Crippen molar-refractivity contribution in [1.29, 1.82) is 0 Å². The van der Waals surface area contributed by atoms with Gasteiger partial charge in [0.2, 0.25) is 0 Å². The molecular weight excluding hydrogens is 202 g/mol. The lowest BCUT2D eigenvalue weighted by Crippen LogP contribution is -2.44. The van der Waals surface area contributed by atoms with Crippen molar-refractivity contribution < 1.29 is 8.42 Å². The van der Waals surface area contributed by atoms with Crippen LogP contribution in [0, 0.1) is 0 Å². The molecule has 0 amide bonds. The van der Waals surface area contributed by atoms with Crippen molar-refractivity contribution in [3.63, 3.8) is 0 Å². The summed E-state index contributed by atoms with van der Waals surface area (Å²) in [7, 11) is -3.32. The molecule has 1 aliphatic rings. The molecule has 5 nitrogen and oxygen atoms in total. The van der Waals surface area contributed by atoms with Gasteiger partial charge in [-0.1, -0.05) is 0 Å². The molecule has 1 saturated carbocycles. The largest absolute Gasteiger partial charge is 0.328 e. The van der Waals surface area contributed by atoms with E-state index < -0.39 is 10.2 Å². The maximum atomic E-state index is 11.4. The van der Waals surface area contributed by atoms with E-state index in [4.69, 9.17) is 5.73 Å². The Kier molecular flexibility index (Phi) is 3.88. The summed E-state index contributed by atoms with van der Waals surface area (Å²) >= 11 is 0. The molecule has 0 heterocycles. The first-order chi connectivity index (χ1) is 6.39. The normalized spacial score (nSPS) is 21.9. The van der Waals surface area contributed by atoms with Crippen LogP contribution in [0.2, 0.25) is 0 Å². The molecule has 0 aliphatic heterocycles. The molecule has 0 radical (unpaired) electrons. The molecule has 84 valence electrons. The first-order valence-electron chi connectivity index (χ1n) is 4.94. The molecule has 1 aliphatic carbocycles. The van der Waals surface area contributed by atoms with Gasteiger partial charge in [0, 0.05) is 18.1 Å². The molecule has 1 rings (SSSR count). The first kappa shape index (κ1) is 11.9. The third kappa shape index (κ3) is 4.90. The lowest BCUT2D eigenvalue weighted by molar-refractivity contribution is 0.511. The topological polar surface area (TPSA) is 84.2 Å². The Morgan fingerprint density at radius 1 is 1.43 bits per heavy atom. The molecule has 2 unspecified atom stereocenters. The zero-order chi connectivity index (χ0) is 10.8. The Morgan fingerprint density at radius 3 is 2.43 bits per heavy atom. The van der Waals surface area contributed by atoms with Gasteiger partial charge in [-0.3, -0.25) is 0 Å². The molecule has 6 heteroatoms. The smallest absolute Gasteiger partial charge is 0.277 e. The third-order valence-electron chi connectivity index (χ3n) is 1.98. The molecule has 0 aromatic carbocycles. The molecule has 4 N–H and O–H groups in total. The predicted molar refractivity (Wildman–Crippen MR) is 55.9 cm³/mol. The quantitative estimate of drug-likeness (QED) is 0.575. The van der Waals surface area contributed by atoms with E-state index in [2.05, 4.69) is 9.44 Å². The van der Waals surface area contributed by atoms with Crippen molar-refractivity contribution in [2.45, 2.75) is 51.2 Å². The highest BCUT2D eigenvalue weighted by Gasteiger charge is 2.27. The van der Waals surface area contributed by atoms with Crippen molar-refractivity contribution in [3.8, 4) is 0 Å². The highest BCUT2D eigenvalue weighted by atomic mass is 32.2. The monoisotopic (exact) mass is 221 g/mol. The minimum atomic E-state index is -3.32. The second-order valence-corrected chi connectivity index (χ2v) is 5.61. The molecule has 14 heavy (non-hydrogen) atoms. The maximum absolute atomic E-state index is 11.4. The minimum Gasteiger partial charge on any atom is -0.328 e. The standard InChI is InChI=1S/C8H19N3O2S/c1-6(9)5-7(2)10-14(12,13)11-8-3-4-8/h6-8,10-11H,3-5,9H2,1-2H3. The third-order valence-corrected chi connectivity index (χ3v) is 3.34. The number of rotatable bonds is 6. The van der Waals surface area contributed by atoms with Crippen LogP contribution in [0.3, 0.4) is 0 Å². The van der Waals surface area contributed by atoms with Crippen molar-refractivity contribution in [3.05, 3.63) is 0 Å². The van der Waals surface area contributed by atoms with Crippen LogP contribution >= 0.6 is 0 Å². The lowest BCUT2D eigenvalue weighted by atomic mass is 10.1. The summed E-state index contributed by atoms with van der Waals surface area (Å²) in [5.74, 6) is 0. The van der Waals surface area contributed by atoms with E-state index >= 15 is 0 Å². The Hall–Kier alpha value is -0.170. The maximum Gasteiger partial charge on any atom is 0.277 e. The van der Waals surface area contributed by atoms with E-state index in [1.54, 1.807) is 0 Å². The molecule has 2 atom stereocenters. The molecule has 0 spiro atoms. The summed E-state index contributed by atoms with van der Waals surface area (Å²) in [6.45, 7) is 3.68. The molecule has 1 fully saturated rings. The van der Waals surface area contributed by atoms with E-state index in [0.29, 0.717) is 6.42 Å². The van der Waals surface area contributed by atoms with Crippen LogP contribution in [0.5, 0.6) is 0 Å². The minimum absolute atomic E-state index is 0.00799. The Bertz CT molecular complexity index is 272. The van der Waals surface area contributed by atoms with E-state index in [-0.39, 0.29) is 18.1 Å². The first-order valence-corrected chi connectivity index (χ1v) is 6.42. The Labute approximate surface area is 85.6 Å². The van der Waals surface area contributed by atoms with Gasteiger partial charge in [0.05, 0.1) is 0 Å². The SMILES string of the molecule is CC(N)CC(C)NS(=O)(=O)NC1CC1. The Balaban J connectivity index is 2.33. The van der Waals surface area contributed by atoms with Gasteiger partial charge in [-0.15, -0.1) is 0 Å². The van der Waals surface area contributed by atoms with Gasteiger partial charge in [0.1, 0.15) is 0 Å². The molecule has 0 aromatic rings. The summed E-state index contributed by atoms with van der Waals surface area (Å²) in [5.41, 5.74) is 5.57. The predicted octanol–water partition coefficient (Wildman–Crippen LogP) is -0.301. The molecule has 0 aromatic heterocycles. The van der Waals surface area contributed by atoms with E-state index in [1.165, 1.54) is 0 Å². The summed E-state index contributed by atoms with van der Waals surface area (Å²) in [6.07, 6.45) is 2.54. The molecular formula is C8H19N3O2S. The van der Waals surface area contributed by atoms with Crippen LogP contribution in [0.15, 0.2) is 0 Å². The number of hydrogen-bond donors (Lipinski definition) is 3. The fraction of sp³-hybridized carbons (Fsp3) is 1.00. The van der Waals surface area contributed by atoms with Crippen LogP contribution in [-0.2, 0) is 10.2 Å². The zero-order valence-corrected chi connectivity index (χ0v) is 9.47. The van der Waals surface area contributed by atoms with Gasteiger partial charge in [0.25, 0.3) is 10.2 Å². The zero-order valence-electron chi connectivity index (χ0n) is 8.66. The fourth-order valence-corrected chi connectivity index (χ4v) is 2.69. The highest BCUT2D eigenvalue weighted by molar-refractivity contribution is 7.87. The molecule has 0 bridgehead atoms. The van der Waals surface area contributed by atoms with Crippen molar-refractivity contribution in [2.75, 3.05) is 0 Å². The van der Waals surface area contributed by atoms with Gasteiger partial charge in [-0.2, -0.15) is 17.9 Å². The average Bonchev–Trinajstić information content (AvgIpc) is 2.65. The molecule has 0 saturated heterocycles. The Morgan fingerprint density at radius 2 is 2.00 bits per heavy atom. The van der Waals surface area contributed by atoms with Crippen molar-refractivity contribution in [1.82, 2.24) is 9.44 Å². The second kappa shape index (κ2) is 4.57. The van der Waals surface area contributed by atoms with Gasteiger partial charge in [-0.05, 0) is 33.1 Å². The second-order valence-electron chi connectivity index (χ2n) is 4.13. The van der Waals surface area contributed by atoms with Crippen LogP contribution in [0.1, 0.15) is 33.1 Å². The van der Waals surface area contributed by atoms with E-state index in [0.717, 1.165) is 12.8 Å².